The lowest BCUT2D eigenvalue weighted by atomic mass is 10.4. The smallest absolute Gasteiger partial charge is 0.0904 e. The SMILES string of the molecule is C[Si](C)(C)c1cc2sc3c4sc([Si](C)(C)C)cc4sc3c2s1. The van der Waals surface area contributed by atoms with Gasteiger partial charge in [-0.1, -0.05) is 39.3 Å². The van der Waals surface area contributed by atoms with Crippen molar-refractivity contribution in [2.45, 2.75) is 39.3 Å². The summed E-state index contributed by atoms with van der Waals surface area (Å²) in [4.78, 5) is 0. The van der Waals surface area contributed by atoms with E-state index in [1.54, 1.807) is 27.8 Å². The minimum atomic E-state index is -1.19. The van der Waals surface area contributed by atoms with Crippen LogP contribution in [0.1, 0.15) is 0 Å². The van der Waals surface area contributed by atoms with Crippen LogP contribution in [0.4, 0.5) is 0 Å². The van der Waals surface area contributed by atoms with Gasteiger partial charge in [0.05, 0.1) is 34.9 Å². The molecule has 4 aromatic rings. The van der Waals surface area contributed by atoms with Crippen LogP contribution in [-0.4, -0.2) is 16.1 Å². The van der Waals surface area contributed by atoms with E-state index < -0.39 is 16.1 Å². The largest absolute Gasteiger partial charge is 0.143 e. The van der Waals surface area contributed by atoms with Crippen molar-refractivity contribution in [3.8, 4) is 0 Å². The summed E-state index contributed by atoms with van der Waals surface area (Å²) in [7, 11) is -2.37. The molecule has 0 unspecified atom stereocenters. The van der Waals surface area contributed by atoms with E-state index in [0.29, 0.717) is 0 Å². The zero-order valence-electron chi connectivity index (χ0n) is 13.8. The Morgan fingerprint density at radius 2 is 0.909 bits per heavy atom. The van der Waals surface area contributed by atoms with E-state index in [4.69, 9.17) is 0 Å². The summed E-state index contributed by atoms with van der Waals surface area (Å²) in [6.07, 6.45) is 0. The number of hydrogen-bond acceptors (Lipinski definition) is 4. The third-order valence-electron chi connectivity index (χ3n) is 3.92. The van der Waals surface area contributed by atoms with E-state index in [-0.39, 0.29) is 0 Å². The van der Waals surface area contributed by atoms with Gasteiger partial charge in [0, 0.05) is 9.40 Å². The molecule has 4 aromatic heterocycles. The fourth-order valence-electron chi connectivity index (χ4n) is 2.57. The quantitative estimate of drug-likeness (QED) is 0.340. The third kappa shape index (κ3) is 2.31. The van der Waals surface area contributed by atoms with Crippen molar-refractivity contribution in [1.29, 1.82) is 0 Å². The van der Waals surface area contributed by atoms with Crippen LogP contribution < -0.4 is 9.00 Å². The van der Waals surface area contributed by atoms with Crippen molar-refractivity contribution in [2.24, 2.45) is 0 Å². The molecule has 0 nitrogen and oxygen atoms in total. The minimum absolute atomic E-state index is 1.19. The molecule has 0 amide bonds. The maximum absolute atomic E-state index is 2.49. The standard InChI is InChI=1S/C16H20S4Si2/c1-21(2,3)11-7-9-13(19-11)15-16(17-9)14-10(18-15)8-12(20-14)22(4,5)6/h7-8H,1-6H3. The Hall–Kier alpha value is 0.0138. The molecule has 22 heavy (non-hydrogen) atoms. The van der Waals surface area contributed by atoms with Crippen LogP contribution >= 0.6 is 45.3 Å². The van der Waals surface area contributed by atoms with E-state index >= 15 is 0 Å². The van der Waals surface area contributed by atoms with Crippen molar-refractivity contribution in [3.05, 3.63) is 12.1 Å². The highest BCUT2D eigenvalue weighted by molar-refractivity contribution is 7.47. The molecule has 0 aliphatic rings. The van der Waals surface area contributed by atoms with Crippen LogP contribution in [0, 0.1) is 0 Å². The average Bonchev–Trinajstić information content (AvgIpc) is 3.02. The average molecular weight is 397 g/mol. The molecular weight excluding hydrogens is 377 g/mol. The van der Waals surface area contributed by atoms with Crippen LogP contribution in [-0.2, 0) is 0 Å². The zero-order valence-corrected chi connectivity index (χ0v) is 19.1. The van der Waals surface area contributed by atoms with Crippen molar-refractivity contribution < 1.29 is 0 Å². The first-order valence-electron chi connectivity index (χ1n) is 7.54. The summed E-state index contributed by atoms with van der Waals surface area (Å²) in [5.74, 6) is 0. The molecular formula is C16H20S4Si2. The van der Waals surface area contributed by atoms with E-state index in [1.807, 2.05) is 22.7 Å². The lowest BCUT2D eigenvalue weighted by Crippen LogP contribution is -2.34. The minimum Gasteiger partial charge on any atom is -0.143 e. The zero-order chi connectivity index (χ0) is 15.9. The van der Waals surface area contributed by atoms with E-state index in [2.05, 4.69) is 74.1 Å². The van der Waals surface area contributed by atoms with Gasteiger partial charge < -0.3 is 0 Å². The van der Waals surface area contributed by atoms with E-state index in [0.717, 1.165) is 0 Å². The fraction of sp³-hybridized carbons (Fsp3) is 0.375. The predicted molar refractivity (Wildman–Crippen MR) is 116 cm³/mol. The second-order valence-electron chi connectivity index (χ2n) is 7.97. The molecule has 0 bridgehead atoms. The second-order valence-corrected chi connectivity index (χ2v) is 23.0. The summed E-state index contributed by atoms with van der Waals surface area (Å²) >= 11 is 8.18. The summed E-state index contributed by atoms with van der Waals surface area (Å²) in [6.45, 7) is 14.7. The monoisotopic (exact) mass is 396 g/mol. The van der Waals surface area contributed by atoms with Gasteiger partial charge >= 0.3 is 0 Å². The Kier molecular flexibility index (Phi) is 3.37. The summed E-state index contributed by atoms with van der Waals surface area (Å²) in [6, 6.07) is 4.98. The molecule has 0 saturated carbocycles. The van der Waals surface area contributed by atoms with Crippen LogP contribution in [0.25, 0.3) is 28.2 Å². The van der Waals surface area contributed by atoms with Crippen LogP contribution in [0.15, 0.2) is 12.1 Å². The molecule has 0 aliphatic carbocycles. The van der Waals surface area contributed by atoms with Crippen molar-refractivity contribution in [3.63, 3.8) is 0 Å². The van der Waals surface area contributed by atoms with Gasteiger partial charge in [-0.15, -0.1) is 45.3 Å². The number of hydrogen-bond donors (Lipinski definition) is 0. The topological polar surface area (TPSA) is 0 Å². The molecule has 0 atom stereocenters. The van der Waals surface area contributed by atoms with Crippen LogP contribution in [0.3, 0.4) is 0 Å². The highest BCUT2D eigenvalue weighted by atomic mass is 32.1. The molecule has 0 aliphatic heterocycles. The number of fused-ring (bicyclic) bond motifs is 5. The molecule has 0 aromatic carbocycles. The first-order valence-corrected chi connectivity index (χ1v) is 17.8. The van der Waals surface area contributed by atoms with Crippen molar-refractivity contribution in [2.75, 3.05) is 0 Å². The Balaban J connectivity index is 1.97. The molecule has 0 fully saturated rings. The molecule has 6 heteroatoms. The Morgan fingerprint density at radius 3 is 1.23 bits per heavy atom. The lowest BCUT2D eigenvalue weighted by Gasteiger charge is -2.12. The predicted octanol–water partition coefficient (Wildman–Crippen LogP) is 6.48. The highest BCUT2D eigenvalue weighted by Crippen LogP contribution is 2.47. The van der Waals surface area contributed by atoms with E-state index in [9.17, 15) is 0 Å². The van der Waals surface area contributed by atoms with Gasteiger partial charge in [-0.2, -0.15) is 0 Å². The molecule has 0 spiro atoms. The highest BCUT2D eigenvalue weighted by Gasteiger charge is 2.25. The van der Waals surface area contributed by atoms with Crippen LogP contribution in [0.5, 0.6) is 0 Å². The van der Waals surface area contributed by atoms with Gasteiger partial charge in [0.25, 0.3) is 0 Å². The molecule has 4 rings (SSSR count). The van der Waals surface area contributed by atoms with Crippen molar-refractivity contribution in [1.82, 2.24) is 0 Å². The van der Waals surface area contributed by atoms with Crippen LogP contribution in [0.2, 0.25) is 39.3 Å². The normalized spacial score (nSPS) is 13.9. The van der Waals surface area contributed by atoms with Gasteiger partial charge in [-0.3, -0.25) is 0 Å². The molecule has 0 saturated heterocycles. The number of thiophene rings is 4. The lowest BCUT2D eigenvalue weighted by molar-refractivity contribution is 1.79. The summed E-state index contributed by atoms with van der Waals surface area (Å²) < 4.78 is 12.6. The molecule has 0 radical (unpaired) electrons. The molecule has 4 heterocycles. The Bertz CT molecular complexity index is 916. The van der Waals surface area contributed by atoms with Gasteiger partial charge in [-0.25, -0.2) is 0 Å². The van der Waals surface area contributed by atoms with E-state index in [1.165, 1.54) is 9.40 Å². The Morgan fingerprint density at radius 1 is 0.545 bits per heavy atom. The summed E-state index contributed by atoms with van der Waals surface area (Å²) in [5, 5.41) is 0. The van der Waals surface area contributed by atoms with Crippen molar-refractivity contribution >= 4 is 98.7 Å². The van der Waals surface area contributed by atoms with Gasteiger partial charge in [-0.05, 0) is 21.1 Å². The molecule has 0 N–H and O–H groups in total. The van der Waals surface area contributed by atoms with Gasteiger partial charge in [0.1, 0.15) is 0 Å². The maximum atomic E-state index is 2.49. The first kappa shape index (κ1) is 15.5. The summed E-state index contributed by atoms with van der Waals surface area (Å²) in [5.41, 5.74) is 0. The second kappa shape index (κ2) is 4.77. The molecule has 116 valence electrons. The Labute approximate surface area is 149 Å². The van der Waals surface area contributed by atoms with Gasteiger partial charge in [0.15, 0.2) is 0 Å². The fourth-order valence-corrected chi connectivity index (χ4v) is 12.1. The maximum Gasteiger partial charge on any atom is 0.0904 e. The third-order valence-corrected chi connectivity index (χ3v) is 16.3. The number of rotatable bonds is 2. The first-order chi connectivity index (χ1) is 10.1. The van der Waals surface area contributed by atoms with Gasteiger partial charge in [0.2, 0.25) is 0 Å².